The second-order valence-electron chi connectivity index (χ2n) is 10.0. The zero-order chi connectivity index (χ0) is 24.2. The third-order valence-electron chi connectivity index (χ3n) is 7.30. The highest BCUT2D eigenvalue weighted by Gasteiger charge is 2.29. The number of hydrogen-bond donors (Lipinski definition) is 0. The van der Waals surface area contributed by atoms with Crippen LogP contribution in [-0.4, -0.2) is 5.97 Å². The van der Waals surface area contributed by atoms with Crippen LogP contribution < -0.4 is 4.74 Å². The van der Waals surface area contributed by atoms with Gasteiger partial charge in [0.15, 0.2) is 0 Å². The van der Waals surface area contributed by atoms with Crippen molar-refractivity contribution < 1.29 is 9.53 Å². The predicted molar refractivity (Wildman–Crippen MR) is 139 cm³/mol. The Morgan fingerprint density at radius 2 is 1.56 bits per heavy atom. The van der Waals surface area contributed by atoms with Crippen LogP contribution in [-0.2, 0) is 11.2 Å². The van der Waals surface area contributed by atoms with E-state index in [2.05, 4.69) is 37.3 Å². The first-order valence-electron chi connectivity index (χ1n) is 13.4. The molecule has 3 rings (SSSR count). The number of carbonyl (C=O) groups is 1. The Morgan fingerprint density at radius 1 is 0.912 bits per heavy atom. The Morgan fingerprint density at radius 3 is 2.21 bits per heavy atom. The Labute approximate surface area is 206 Å². The number of esters is 1. The molecule has 0 saturated heterocycles. The third-order valence-corrected chi connectivity index (χ3v) is 7.30. The SMILES string of the molecule is CCCCCCCCCCc1ccc(C2CCC(C(=O)Oc3ccc(C)cc3C#N)CC2)cc1. The maximum atomic E-state index is 12.7. The molecule has 182 valence electrons. The predicted octanol–water partition coefficient (Wildman–Crippen LogP) is 8.43. The fourth-order valence-corrected chi connectivity index (χ4v) is 5.09. The zero-order valence-electron chi connectivity index (χ0n) is 21.2. The van der Waals surface area contributed by atoms with E-state index in [1.165, 1.54) is 68.9 Å². The molecule has 0 bridgehead atoms. The van der Waals surface area contributed by atoms with Gasteiger partial charge in [-0.15, -0.1) is 0 Å². The van der Waals surface area contributed by atoms with Crippen molar-refractivity contribution in [3.8, 4) is 11.8 Å². The van der Waals surface area contributed by atoms with E-state index in [0.29, 0.717) is 17.2 Å². The lowest BCUT2D eigenvalue weighted by molar-refractivity contribution is -0.140. The van der Waals surface area contributed by atoms with Gasteiger partial charge in [-0.3, -0.25) is 4.79 Å². The normalized spacial score (nSPS) is 17.8. The highest BCUT2D eigenvalue weighted by Crippen LogP contribution is 2.37. The Hall–Kier alpha value is -2.60. The molecule has 1 saturated carbocycles. The third kappa shape index (κ3) is 8.01. The van der Waals surface area contributed by atoms with Gasteiger partial charge in [-0.2, -0.15) is 5.26 Å². The minimum absolute atomic E-state index is 0.0784. The van der Waals surface area contributed by atoms with E-state index in [4.69, 9.17) is 4.74 Å². The minimum Gasteiger partial charge on any atom is -0.425 e. The van der Waals surface area contributed by atoms with Crippen LogP contribution in [0.1, 0.15) is 112 Å². The van der Waals surface area contributed by atoms with Gasteiger partial charge in [0.05, 0.1) is 11.5 Å². The second-order valence-corrected chi connectivity index (χ2v) is 10.0. The Kier molecular flexibility index (Phi) is 10.7. The van der Waals surface area contributed by atoms with Crippen molar-refractivity contribution in [3.05, 3.63) is 64.7 Å². The molecule has 1 aliphatic carbocycles. The fourth-order valence-electron chi connectivity index (χ4n) is 5.09. The zero-order valence-corrected chi connectivity index (χ0v) is 21.2. The summed E-state index contributed by atoms with van der Waals surface area (Å²) in [6.45, 7) is 4.20. The van der Waals surface area contributed by atoms with Crippen LogP contribution in [0.5, 0.6) is 5.75 Å². The van der Waals surface area contributed by atoms with Crippen LogP contribution in [0.15, 0.2) is 42.5 Å². The molecule has 0 radical (unpaired) electrons. The van der Waals surface area contributed by atoms with Gasteiger partial charge in [-0.05, 0) is 80.2 Å². The summed E-state index contributed by atoms with van der Waals surface area (Å²) in [6.07, 6.45) is 15.8. The van der Waals surface area contributed by atoms with Crippen LogP contribution >= 0.6 is 0 Å². The summed E-state index contributed by atoms with van der Waals surface area (Å²) in [4.78, 5) is 12.7. The standard InChI is InChI=1S/C31H41NO2/c1-3-4-5-6-7-8-9-10-11-25-13-15-26(16-14-25)27-17-19-28(20-18-27)31(33)34-30-21-12-24(2)22-29(30)23-32/h12-16,21-22,27-28H,3-11,17-20H2,1-2H3. The van der Waals surface area contributed by atoms with Gasteiger partial charge in [0.25, 0.3) is 0 Å². The molecule has 0 unspecified atom stereocenters. The molecule has 34 heavy (non-hydrogen) atoms. The number of nitrogens with zero attached hydrogens (tertiary/aromatic N) is 1. The van der Waals surface area contributed by atoms with E-state index in [9.17, 15) is 10.1 Å². The smallest absolute Gasteiger partial charge is 0.314 e. The number of hydrogen-bond acceptors (Lipinski definition) is 3. The average molecular weight is 460 g/mol. The molecule has 0 spiro atoms. The van der Waals surface area contributed by atoms with Crippen LogP contribution in [0, 0.1) is 24.2 Å². The first kappa shape index (κ1) is 26.0. The lowest BCUT2D eigenvalue weighted by Gasteiger charge is -2.27. The summed E-state index contributed by atoms with van der Waals surface area (Å²) in [7, 11) is 0. The average Bonchev–Trinajstić information content (AvgIpc) is 2.87. The largest absolute Gasteiger partial charge is 0.425 e. The second kappa shape index (κ2) is 14.0. The van der Waals surface area contributed by atoms with Crippen molar-refractivity contribution in [1.82, 2.24) is 0 Å². The van der Waals surface area contributed by atoms with Crippen molar-refractivity contribution in [2.45, 2.75) is 103 Å². The van der Waals surface area contributed by atoms with Crippen LogP contribution in [0.25, 0.3) is 0 Å². The van der Waals surface area contributed by atoms with Crippen molar-refractivity contribution in [1.29, 1.82) is 5.26 Å². The number of unbranched alkanes of at least 4 members (excludes halogenated alkanes) is 7. The maximum Gasteiger partial charge on any atom is 0.314 e. The number of rotatable bonds is 12. The summed E-state index contributed by atoms with van der Waals surface area (Å²) in [6, 6.07) is 16.7. The monoisotopic (exact) mass is 459 g/mol. The van der Waals surface area contributed by atoms with Gasteiger partial charge in [-0.1, -0.05) is 82.2 Å². The van der Waals surface area contributed by atoms with E-state index in [-0.39, 0.29) is 11.9 Å². The number of benzene rings is 2. The Balaban J connectivity index is 1.38. The van der Waals surface area contributed by atoms with Gasteiger partial charge < -0.3 is 4.74 Å². The van der Waals surface area contributed by atoms with E-state index in [1.807, 2.05) is 13.0 Å². The molecule has 0 heterocycles. The first-order valence-corrected chi connectivity index (χ1v) is 13.4. The molecule has 1 fully saturated rings. The van der Waals surface area contributed by atoms with Crippen molar-refractivity contribution in [2.75, 3.05) is 0 Å². The molecule has 0 aliphatic heterocycles. The molecular formula is C31H41NO2. The number of carbonyl (C=O) groups excluding carboxylic acids is 1. The molecule has 0 aromatic heterocycles. The van der Waals surface area contributed by atoms with Crippen molar-refractivity contribution in [2.24, 2.45) is 5.92 Å². The topological polar surface area (TPSA) is 50.1 Å². The van der Waals surface area contributed by atoms with Crippen molar-refractivity contribution >= 4 is 5.97 Å². The number of aryl methyl sites for hydroxylation is 2. The van der Waals surface area contributed by atoms with E-state index < -0.39 is 0 Å². The van der Waals surface area contributed by atoms with Crippen molar-refractivity contribution in [3.63, 3.8) is 0 Å². The summed E-state index contributed by atoms with van der Waals surface area (Å²) >= 11 is 0. The number of nitriles is 1. The van der Waals surface area contributed by atoms with Crippen LogP contribution in [0.4, 0.5) is 0 Å². The van der Waals surface area contributed by atoms with E-state index in [1.54, 1.807) is 12.1 Å². The summed E-state index contributed by atoms with van der Waals surface area (Å²) in [5, 5.41) is 9.31. The lowest BCUT2D eigenvalue weighted by Crippen LogP contribution is -2.25. The highest BCUT2D eigenvalue weighted by molar-refractivity contribution is 5.76. The van der Waals surface area contributed by atoms with Gasteiger partial charge >= 0.3 is 5.97 Å². The van der Waals surface area contributed by atoms with Gasteiger partial charge in [0, 0.05) is 0 Å². The fraction of sp³-hybridized carbons (Fsp3) is 0.548. The van der Waals surface area contributed by atoms with Gasteiger partial charge in [-0.25, -0.2) is 0 Å². The summed E-state index contributed by atoms with van der Waals surface area (Å²) in [5.41, 5.74) is 4.25. The lowest BCUT2D eigenvalue weighted by atomic mass is 9.78. The first-order chi connectivity index (χ1) is 16.6. The molecule has 3 heteroatoms. The molecule has 0 atom stereocenters. The summed E-state index contributed by atoms with van der Waals surface area (Å²) < 4.78 is 5.61. The number of ether oxygens (including phenoxy) is 1. The molecule has 1 aliphatic rings. The minimum atomic E-state index is -0.195. The van der Waals surface area contributed by atoms with E-state index >= 15 is 0 Å². The molecule has 3 nitrogen and oxygen atoms in total. The van der Waals surface area contributed by atoms with Gasteiger partial charge in [0.1, 0.15) is 11.8 Å². The quantitative estimate of drug-likeness (QED) is 0.182. The van der Waals surface area contributed by atoms with E-state index in [0.717, 1.165) is 31.2 Å². The van der Waals surface area contributed by atoms with Crippen LogP contribution in [0.3, 0.4) is 0 Å². The highest BCUT2D eigenvalue weighted by atomic mass is 16.5. The maximum absolute atomic E-state index is 12.7. The Bertz CT molecular complexity index is 933. The molecule has 0 N–H and O–H groups in total. The molecular weight excluding hydrogens is 418 g/mol. The molecule has 0 amide bonds. The van der Waals surface area contributed by atoms with Crippen LogP contribution in [0.2, 0.25) is 0 Å². The molecule has 2 aromatic rings. The molecule has 2 aromatic carbocycles. The van der Waals surface area contributed by atoms with Gasteiger partial charge in [0.2, 0.25) is 0 Å². The summed E-state index contributed by atoms with van der Waals surface area (Å²) in [5.74, 6) is 0.632.